The minimum absolute atomic E-state index is 0.0289. The van der Waals surface area contributed by atoms with Crippen molar-refractivity contribution >= 4 is 0 Å². The van der Waals surface area contributed by atoms with Crippen molar-refractivity contribution < 1.29 is 9.84 Å². The quantitative estimate of drug-likeness (QED) is 0.792. The van der Waals surface area contributed by atoms with Gasteiger partial charge in [-0.05, 0) is 63.8 Å². The van der Waals surface area contributed by atoms with Gasteiger partial charge in [-0.2, -0.15) is 0 Å². The third kappa shape index (κ3) is 4.23. The molecule has 0 aliphatic heterocycles. The zero-order valence-corrected chi connectivity index (χ0v) is 11.0. The molecule has 3 nitrogen and oxygen atoms in total. The number of methoxy groups -OCH3 is 1. The standard InChI is InChI=1S/C14H27NO2/c1-17-14-4-2-3-12(9-14)15-10-11-5-7-13(16)8-6-11/h11-16H,2-10H2,1H3. The van der Waals surface area contributed by atoms with Gasteiger partial charge in [0.25, 0.3) is 0 Å². The fourth-order valence-electron chi connectivity index (χ4n) is 3.23. The summed E-state index contributed by atoms with van der Waals surface area (Å²) in [6.45, 7) is 1.13. The van der Waals surface area contributed by atoms with E-state index < -0.39 is 0 Å². The number of hydrogen-bond acceptors (Lipinski definition) is 3. The minimum Gasteiger partial charge on any atom is -0.393 e. The number of rotatable bonds is 4. The molecule has 2 aliphatic carbocycles. The van der Waals surface area contributed by atoms with Crippen LogP contribution in [-0.4, -0.2) is 37.0 Å². The number of ether oxygens (including phenoxy) is 1. The van der Waals surface area contributed by atoms with E-state index in [4.69, 9.17) is 4.74 Å². The predicted molar refractivity (Wildman–Crippen MR) is 69.0 cm³/mol. The van der Waals surface area contributed by atoms with E-state index in [1.54, 1.807) is 0 Å². The Morgan fingerprint density at radius 2 is 1.88 bits per heavy atom. The second-order valence-corrected chi connectivity index (χ2v) is 5.80. The van der Waals surface area contributed by atoms with Crippen LogP contribution in [0.1, 0.15) is 51.4 Å². The number of aliphatic hydroxyl groups excluding tert-OH is 1. The highest BCUT2D eigenvalue weighted by atomic mass is 16.5. The molecule has 100 valence electrons. The van der Waals surface area contributed by atoms with E-state index in [0.29, 0.717) is 12.1 Å². The van der Waals surface area contributed by atoms with Crippen LogP contribution in [0.2, 0.25) is 0 Å². The molecular formula is C14H27NO2. The third-order valence-electron chi connectivity index (χ3n) is 4.47. The van der Waals surface area contributed by atoms with Crippen LogP contribution in [0.5, 0.6) is 0 Å². The van der Waals surface area contributed by atoms with E-state index in [9.17, 15) is 5.11 Å². The van der Waals surface area contributed by atoms with E-state index in [0.717, 1.165) is 25.3 Å². The van der Waals surface area contributed by atoms with Gasteiger partial charge in [0.15, 0.2) is 0 Å². The molecular weight excluding hydrogens is 214 g/mol. The van der Waals surface area contributed by atoms with E-state index in [1.807, 2.05) is 7.11 Å². The fourth-order valence-corrected chi connectivity index (χ4v) is 3.23. The lowest BCUT2D eigenvalue weighted by Gasteiger charge is -2.32. The highest BCUT2D eigenvalue weighted by Gasteiger charge is 2.23. The molecule has 0 aromatic rings. The van der Waals surface area contributed by atoms with Crippen molar-refractivity contribution in [2.75, 3.05) is 13.7 Å². The van der Waals surface area contributed by atoms with Crippen LogP contribution in [0.25, 0.3) is 0 Å². The van der Waals surface area contributed by atoms with Crippen LogP contribution in [-0.2, 0) is 4.74 Å². The maximum absolute atomic E-state index is 9.47. The molecule has 2 rings (SSSR count). The van der Waals surface area contributed by atoms with Crippen LogP contribution in [0.4, 0.5) is 0 Å². The molecule has 3 heteroatoms. The third-order valence-corrected chi connectivity index (χ3v) is 4.47. The average Bonchev–Trinajstić information content (AvgIpc) is 2.38. The van der Waals surface area contributed by atoms with Crippen LogP contribution in [0.3, 0.4) is 0 Å². The molecule has 0 heterocycles. The molecule has 0 aromatic carbocycles. The lowest BCUT2D eigenvalue weighted by molar-refractivity contribution is 0.0567. The van der Waals surface area contributed by atoms with E-state index >= 15 is 0 Å². The Bertz CT molecular complexity index is 214. The second-order valence-electron chi connectivity index (χ2n) is 5.80. The van der Waals surface area contributed by atoms with Crippen molar-refractivity contribution in [3.8, 4) is 0 Å². The Balaban J connectivity index is 1.64. The molecule has 0 aromatic heterocycles. The molecule has 0 amide bonds. The smallest absolute Gasteiger partial charge is 0.0586 e. The van der Waals surface area contributed by atoms with Gasteiger partial charge in [0, 0.05) is 13.2 Å². The van der Waals surface area contributed by atoms with Crippen LogP contribution in [0.15, 0.2) is 0 Å². The van der Waals surface area contributed by atoms with Gasteiger partial charge >= 0.3 is 0 Å². The first-order valence-electron chi connectivity index (χ1n) is 7.22. The molecule has 2 N–H and O–H groups in total. The van der Waals surface area contributed by atoms with Crippen molar-refractivity contribution in [3.63, 3.8) is 0 Å². The lowest BCUT2D eigenvalue weighted by atomic mass is 9.86. The minimum atomic E-state index is -0.0289. The van der Waals surface area contributed by atoms with E-state index in [-0.39, 0.29) is 6.10 Å². The van der Waals surface area contributed by atoms with Gasteiger partial charge in [-0.25, -0.2) is 0 Å². The lowest BCUT2D eigenvalue weighted by Crippen LogP contribution is -2.40. The highest BCUT2D eigenvalue weighted by Crippen LogP contribution is 2.25. The Morgan fingerprint density at radius 1 is 1.12 bits per heavy atom. The highest BCUT2D eigenvalue weighted by molar-refractivity contribution is 4.80. The first kappa shape index (κ1) is 13.3. The molecule has 0 saturated heterocycles. The molecule has 17 heavy (non-hydrogen) atoms. The van der Waals surface area contributed by atoms with E-state index in [1.165, 1.54) is 38.5 Å². The summed E-state index contributed by atoms with van der Waals surface area (Å²) in [5.74, 6) is 0.779. The summed E-state index contributed by atoms with van der Waals surface area (Å²) < 4.78 is 5.45. The normalized spacial score (nSPS) is 39.2. The fraction of sp³-hybridized carbons (Fsp3) is 1.00. The predicted octanol–water partition coefficient (Wildman–Crippen LogP) is 2.08. The van der Waals surface area contributed by atoms with Crippen molar-refractivity contribution in [1.29, 1.82) is 0 Å². The first-order chi connectivity index (χ1) is 8.28. The second kappa shape index (κ2) is 6.72. The molecule has 2 atom stereocenters. The molecule has 2 saturated carbocycles. The van der Waals surface area contributed by atoms with E-state index in [2.05, 4.69) is 5.32 Å². The van der Waals surface area contributed by atoms with Gasteiger partial charge in [-0.1, -0.05) is 0 Å². The molecule has 2 aliphatic rings. The van der Waals surface area contributed by atoms with Crippen molar-refractivity contribution in [1.82, 2.24) is 5.32 Å². The molecule has 0 bridgehead atoms. The topological polar surface area (TPSA) is 41.5 Å². The Kier molecular flexibility index (Phi) is 5.26. The first-order valence-corrected chi connectivity index (χ1v) is 7.22. The molecule has 2 fully saturated rings. The van der Waals surface area contributed by atoms with Gasteiger partial charge in [0.05, 0.1) is 12.2 Å². The monoisotopic (exact) mass is 241 g/mol. The summed E-state index contributed by atoms with van der Waals surface area (Å²) in [4.78, 5) is 0. The molecule has 2 unspecified atom stereocenters. The summed E-state index contributed by atoms with van der Waals surface area (Å²) in [6.07, 6.45) is 9.80. The average molecular weight is 241 g/mol. The number of hydrogen-bond donors (Lipinski definition) is 2. The summed E-state index contributed by atoms with van der Waals surface area (Å²) >= 11 is 0. The number of nitrogens with one attached hydrogen (secondary N) is 1. The van der Waals surface area contributed by atoms with Gasteiger partial charge in [0.1, 0.15) is 0 Å². The van der Waals surface area contributed by atoms with Gasteiger partial charge in [-0.15, -0.1) is 0 Å². The zero-order chi connectivity index (χ0) is 12.1. The largest absolute Gasteiger partial charge is 0.393 e. The summed E-state index contributed by atoms with van der Waals surface area (Å²) in [6, 6.07) is 0.653. The van der Waals surface area contributed by atoms with Crippen molar-refractivity contribution in [2.45, 2.75) is 69.6 Å². The maximum atomic E-state index is 9.47. The van der Waals surface area contributed by atoms with Crippen LogP contribution in [0, 0.1) is 5.92 Å². The Hall–Kier alpha value is -0.120. The molecule has 0 spiro atoms. The van der Waals surface area contributed by atoms with Crippen molar-refractivity contribution in [3.05, 3.63) is 0 Å². The van der Waals surface area contributed by atoms with Crippen LogP contribution < -0.4 is 5.32 Å². The van der Waals surface area contributed by atoms with Gasteiger partial charge in [0.2, 0.25) is 0 Å². The van der Waals surface area contributed by atoms with Crippen molar-refractivity contribution in [2.24, 2.45) is 5.92 Å². The van der Waals surface area contributed by atoms with Crippen LogP contribution >= 0.6 is 0 Å². The number of aliphatic hydroxyl groups is 1. The van der Waals surface area contributed by atoms with Gasteiger partial charge < -0.3 is 15.2 Å². The molecule has 0 radical (unpaired) electrons. The Labute approximate surface area is 105 Å². The SMILES string of the molecule is COC1CCCC(NCC2CCC(O)CC2)C1. The summed E-state index contributed by atoms with van der Waals surface area (Å²) in [7, 11) is 1.83. The maximum Gasteiger partial charge on any atom is 0.0586 e. The zero-order valence-electron chi connectivity index (χ0n) is 11.0. The van der Waals surface area contributed by atoms with Gasteiger partial charge in [-0.3, -0.25) is 0 Å². The Morgan fingerprint density at radius 3 is 2.59 bits per heavy atom. The summed E-state index contributed by atoms with van der Waals surface area (Å²) in [5, 5.41) is 13.2. The summed E-state index contributed by atoms with van der Waals surface area (Å²) in [5.41, 5.74) is 0.